The zero-order valence-corrected chi connectivity index (χ0v) is 16.9. The summed E-state index contributed by atoms with van der Waals surface area (Å²) in [4.78, 5) is 12.8. The van der Waals surface area contributed by atoms with Crippen molar-refractivity contribution in [2.45, 2.75) is 38.3 Å². The molecule has 2 amide bonds. The van der Waals surface area contributed by atoms with Crippen LogP contribution in [0.5, 0.6) is 17.2 Å². The Morgan fingerprint density at radius 1 is 1.03 bits per heavy atom. The summed E-state index contributed by atoms with van der Waals surface area (Å²) in [5.41, 5.74) is 2.12. The minimum atomic E-state index is -0.153. The van der Waals surface area contributed by atoms with Crippen LogP contribution >= 0.6 is 0 Å². The number of methoxy groups -OCH3 is 1. The first-order valence-corrected chi connectivity index (χ1v) is 10.3. The molecule has 1 aliphatic carbocycles. The van der Waals surface area contributed by atoms with E-state index in [1.54, 1.807) is 7.11 Å². The first-order valence-electron chi connectivity index (χ1n) is 10.3. The Bertz CT molecular complexity index is 848. The van der Waals surface area contributed by atoms with Gasteiger partial charge in [-0.05, 0) is 60.6 Å². The fourth-order valence-corrected chi connectivity index (χ4v) is 3.75. The first-order chi connectivity index (χ1) is 14.2. The lowest BCUT2D eigenvalue weighted by molar-refractivity contribution is 0.171. The average Bonchev–Trinajstić information content (AvgIpc) is 3.61. The predicted molar refractivity (Wildman–Crippen MR) is 111 cm³/mol. The van der Waals surface area contributed by atoms with Gasteiger partial charge in [0.1, 0.15) is 19.0 Å². The van der Waals surface area contributed by atoms with Crippen molar-refractivity contribution >= 4 is 6.03 Å². The molecule has 4 rings (SSSR count). The maximum absolute atomic E-state index is 12.8. The number of rotatable bonds is 7. The lowest BCUT2D eigenvalue weighted by Crippen LogP contribution is -2.40. The molecule has 1 heterocycles. The highest BCUT2D eigenvalue weighted by Gasteiger charge is 2.34. The van der Waals surface area contributed by atoms with E-state index in [1.165, 1.54) is 0 Å². The quantitative estimate of drug-likeness (QED) is 0.729. The highest BCUT2D eigenvalue weighted by atomic mass is 16.6. The highest BCUT2D eigenvalue weighted by molar-refractivity contribution is 5.75. The largest absolute Gasteiger partial charge is 0.497 e. The maximum Gasteiger partial charge on any atom is 0.315 e. The number of amides is 2. The number of urea groups is 1. The van der Waals surface area contributed by atoms with E-state index in [0.29, 0.717) is 19.1 Å². The van der Waals surface area contributed by atoms with Crippen LogP contribution in [0.15, 0.2) is 42.5 Å². The van der Waals surface area contributed by atoms with Crippen molar-refractivity contribution < 1.29 is 19.0 Å². The van der Waals surface area contributed by atoms with Gasteiger partial charge in [-0.15, -0.1) is 0 Å². The van der Waals surface area contributed by atoms with Crippen molar-refractivity contribution in [3.8, 4) is 17.2 Å². The Kier molecular flexibility index (Phi) is 5.79. The van der Waals surface area contributed by atoms with E-state index in [0.717, 1.165) is 47.6 Å². The van der Waals surface area contributed by atoms with E-state index in [4.69, 9.17) is 14.2 Å². The van der Waals surface area contributed by atoms with Gasteiger partial charge in [-0.3, -0.25) is 0 Å². The predicted octanol–water partition coefficient (Wildman–Crippen LogP) is 4.37. The molecule has 2 unspecified atom stereocenters. The lowest BCUT2D eigenvalue weighted by atomic mass is 10.0. The molecule has 0 bridgehead atoms. The standard InChI is InChI=1S/C23H28N2O4/c1-3-19(15-6-9-18(27-2)10-7-15)24-23(26)25-22(16-4-5-16)17-8-11-20-21(14-17)29-13-12-28-20/h6-11,14,16,19,22H,3-5,12-13H2,1-2H3,(H2,24,25,26). The molecule has 2 atom stereocenters. The van der Waals surface area contributed by atoms with Gasteiger partial charge in [0.25, 0.3) is 0 Å². The van der Waals surface area contributed by atoms with Crippen molar-refractivity contribution in [3.63, 3.8) is 0 Å². The summed E-state index contributed by atoms with van der Waals surface area (Å²) in [6.07, 6.45) is 3.04. The average molecular weight is 396 g/mol. The second kappa shape index (κ2) is 8.64. The Labute approximate surface area is 171 Å². The minimum absolute atomic E-state index is 0.0285. The van der Waals surface area contributed by atoms with Gasteiger partial charge in [0.05, 0.1) is 19.2 Å². The van der Waals surface area contributed by atoms with E-state index in [1.807, 2.05) is 42.5 Å². The molecule has 154 valence electrons. The third-order valence-electron chi connectivity index (χ3n) is 5.54. The summed E-state index contributed by atoms with van der Waals surface area (Å²) in [6.45, 7) is 3.19. The van der Waals surface area contributed by atoms with E-state index in [9.17, 15) is 4.79 Å². The highest BCUT2D eigenvalue weighted by Crippen LogP contribution is 2.43. The Morgan fingerprint density at radius 3 is 2.38 bits per heavy atom. The summed E-state index contributed by atoms with van der Waals surface area (Å²) in [5.74, 6) is 2.79. The molecule has 2 aromatic carbocycles. The summed E-state index contributed by atoms with van der Waals surface area (Å²) < 4.78 is 16.5. The van der Waals surface area contributed by atoms with Gasteiger partial charge >= 0.3 is 6.03 Å². The fourth-order valence-electron chi connectivity index (χ4n) is 3.75. The minimum Gasteiger partial charge on any atom is -0.497 e. The molecule has 2 aliphatic rings. The van der Waals surface area contributed by atoms with Crippen molar-refractivity contribution in [2.24, 2.45) is 5.92 Å². The number of carbonyl (C=O) groups excluding carboxylic acids is 1. The molecule has 0 saturated heterocycles. The molecule has 1 fully saturated rings. The third-order valence-corrected chi connectivity index (χ3v) is 5.54. The first kappa shape index (κ1) is 19.4. The summed E-state index contributed by atoms with van der Waals surface area (Å²) in [6, 6.07) is 13.5. The molecule has 29 heavy (non-hydrogen) atoms. The Hall–Kier alpha value is -2.89. The summed E-state index contributed by atoms with van der Waals surface area (Å²) >= 11 is 0. The number of nitrogens with one attached hydrogen (secondary N) is 2. The van der Waals surface area contributed by atoms with Gasteiger partial charge in [0.2, 0.25) is 0 Å². The molecule has 2 N–H and O–H groups in total. The van der Waals surface area contributed by atoms with Crippen LogP contribution in [0.1, 0.15) is 49.4 Å². The van der Waals surface area contributed by atoms with Crippen LogP contribution in [0.25, 0.3) is 0 Å². The van der Waals surface area contributed by atoms with Crippen LogP contribution in [0, 0.1) is 5.92 Å². The molecule has 1 aliphatic heterocycles. The normalized spacial score (nSPS) is 17.2. The van der Waals surface area contributed by atoms with Crippen molar-refractivity contribution in [2.75, 3.05) is 20.3 Å². The number of hydrogen-bond donors (Lipinski definition) is 2. The number of benzene rings is 2. The van der Waals surface area contributed by atoms with Gasteiger partial charge in [-0.1, -0.05) is 25.1 Å². The molecule has 2 aromatic rings. The third kappa shape index (κ3) is 4.58. The van der Waals surface area contributed by atoms with Crippen LogP contribution in [-0.2, 0) is 0 Å². The van der Waals surface area contributed by atoms with Crippen molar-refractivity contribution in [3.05, 3.63) is 53.6 Å². The SMILES string of the molecule is CCC(NC(=O)NC(c1ccc2c(c1)OCCO2)C1CC1)c1ccc(OC)cc1. The zero-order chi connectivity index (χ0) is 20.2. The van der Waals surface area contributed by atoms with Crippen LogP contribution in [0.3, 0.4) is 0 Å². The molecule has 0 aromatic heterocycles. The Morgan fingerprint density at radius 2 is 1.72 bits per heavy atom. The maximum atomic E-state index is 12.8. The number of ether oxygens (including phenoxy) is 3. The van der Waals surface area contributed by atoms with Crippen LogP contribution in [0.2, 0.25) is 0 Å². The van der Waals surface area contributed by atoms with Gasteiger partial charge in [-0.25, -0.2) is 4.79 Å². The molecule has 6 nitrogen and oxygen atoms in total. The van der Waals surface area contributed by atoms with Crippen LogP contribution in [-0.4, -0.2) is 26.4 Å². The van der Waals surface area contributed by atoms with Gasteiger partial charge in [-0.2, -0.15) is 0 Å². The van der Waals surface area contributed by atoms with Gasteiger partial charge in [0, 0.05) is 0 Å². The van der Waals surface area contributed by atoms with E-state index < -0.39 is 0 Å². The van der Waals surface area contributed by atoms with Crippen molar-refractivity contribution in [1.29, 1.82) is 0 Å². The molecular weight excluding hydrogens is 368 g/mol. The van der Waals surface area contributed by atoms with Crippen LogP contribution in [0.4, 0.5) is 4.79 Å². The van der Waals surface area contributed by atoms with Crippen LogP contribution < -0.4 is 24.8 Å². The topological polar surface area (TPSA) is 68.8 Å². The molecular formula is C23H28N2O4. The van der Waals surface area contributed by atoms with Crippen molar-refractivity contribution in [1.82, 2.24) is 10.6 Å². The summed E-state index contributed by atoms with van der Waals surface area (Å²) in [7, 11) is 1.65. The molecule has 6 heteroatoms. The van der Waals surface area contributed by atoms with E-state index in [-0.39, 0.29) is 18.1 Å². The Balaban J connectivity index is 1.44. The monoisotopic (exact) mass is 396 g/mol. The van der Waals surface area contributed by atoms with Gasteiger partial charge in [0.15, 0.2) is 11.5 Å². The number of carbonyl (C=O) groups is 1. The number of hydrogen-bond acceptors (Lipinski definition) is 4. The van der Waals surface area contributed by atoms with E-state index >= 15 is 0 Å². The molecule has 1 saturated carbocycles. The summed E-state index contributed by atoms with van der Waals surface area (Å²) in [5, 5.41) is 6.31. The molecule has 0 spiro atoms. The van der Waals surface area contributed by atoms with Gasteiger partial charge < -0.3 is 24.8 Å². The molecule has 0 radical (unpaired) electrons. The fraction of sp³-hybridized carbons (Fsp3) is 0.435. The second-order valence-electron chi connectivity index (χ2n) is 7.57. The van der Waals surface area contributed by atoms with E-state index in [2.05, 4.69) is 17.6 Å². The second-order valence-corrected chi connectivity index (χ2v) is 7.57. The lowest BCUT2D eigenvalue weighted by Gasteiger charge is -2.24. The zero-order valence-electron chi connectivity index (χ0n) is 16.9. The number of fused-ring (bicyclic) bond motifs is 1. The smallest absolute Gasteiger partial charge is 0.315 e.